The molecule has 1 aromatic heterocycles. The molecule has 0 spiro atoms. The number of nitrogens with one attached hydrogen (secondary N) is 1. The van der Waals surface area contributed by atoms with Gasteiger partial charge >= 0.3 is 0 Å². The van der Waals surface area contributed by atoms with Crippen molar-refractivity contribution in [2.75, 3.05) is 19.7 Å². The van der Waals surface area contributed by atoms with Gasteiger partial charge in [-0.2, -0.15) is 5.10 Å². The minimum atomic E-state index is -0.402. The lowest BCUT2D eigenvalue weighted by molar-refractivity contribution is 0.0674. The minimum Gasteiger partial charge on any atom is -0.396 e. The van der Waals surface area contributed by atoms with Gasteiger partial charge in [0.1, 0.15) is 0 Å². The summed E-state index contributed by atoms with van der Waals surface area (Å²) in [6, 6.07) is 6.98. The quantitative estimate of drug-likeness (QED) is 0.880. The van der Waals surface area contributed by atoms with Crippen molar-refractivity contribution in [3.8, 4) is 0 Å². The lowest BCUT2D eigenvalue weighted by atomic mass is 9.95. The second kappa shape index (κ2) is 6.91. The molecule has 2 rings (SSSR count). The van der Waals surface area contributed by atoms with Gasteiger partial charge in [-0.3, -0.25) is 14.7 Å². The molecule has 2 aromatic rings. The van der Waals surface area contributed by atoms with Crippen molar-refractivity contribution in [2.24, 2.45) is 5.41 Å². The van der Waals surface area contributed by atoms with Gasteiger partial charge in [-0.25, -0.2) is 0 Å². The van der Waals surface area contributed by atoms with E-state index in [-0.39, 0.29) is 23.1 Å². The second-order valence-electron chi connectivity index (χ2n) is 6.81. The molecule has 0 bridgehead atoms. The first-order chi connectivity index (χ1) is 10.8. The summed E-state index contributed by atoms with van der Waals surface area (Å²) in [6.07, 6.45) is 0.466. The molecule has 0 saturated heterocycles. The molecular formula is C17H23N3O3. The summed E-state index contributed by atoms with van der Waals surface area (Å²) in [5.74, 6) is -0.402. The molecule has 0 saturated carbocycles. The van der Waals surface area contributed by atoms with Crippen LogP contribution in [0.2, 0.25) is 0 Å². The first-order valence-corrected chi connectivity index (χ1v) is 7.71. The topological polar surface area (TPSA) is 86.3 Å². The Kier molecular flexibility index (Phi) is 5.15. The van der Waals surface area contributed by atoms with Gasteiger partial charge in [-0.05, 0) is 24.0 Å². The van der Waals surface area contributed by atoms with Crippen molar-refractivity contribution in [1.29, 1.82) is 0 Å². The third kappa shape index (κ3) is 4.16. The normalized spacial score (nSPS) is 11.7. The van der Waals surface area contributed by atoms with Gasteiger partial charge < -0.3 is 10.0 Å². The first-order valence-electron chi connectivity index (χ1n) is 7.71. The van der Waals surface area contributed by atoms with Gasteiger partial charge in [0.05, 0.1) is 5.52 Å². The number of hydrogen-bond donors (Lipinski definition) is 2. The number of aromatic nitrogens is 2. The number of fused-ring (bicyclic) bond motifs is 1. The van der Waals surface area contributed by atoms with Crippen molar-refractivity contribution < 1.29 is 9.90 Å². The number of para-hydroxylation sites is 1. The average molecular weight is 317 g/mol. The Morgan fingerprint density at radius 2 is 2.00 bits per heavy atom. The summed E-state index contributed by atoms with van der Waals surface area (Å²) in [5, 5.41) is 16.2. The molecule has 6 heteroatoms. The largest absolute Gasteiger partial charge is 0.396 e. The molecule has 0 unspecified atom stereocenters. The summed E-state index contributed by atoms with van der Waals surface area (Å²) in [7, 11) is 0. The van der Waals surface area contributed by atoms with Crippen LogP contribution in [0.5, 0.6) is 0 Å². The number of benzene rings is 1. The van der Waals surface area contributed by atoms with Crippen LogP contribution in [0.1, 0.15) is 37.7 Å². The highest BCUT2D eigenvalue weighted by atomic mass is 16.3. The fourth-order valence-electron chi connectivity index (χ4n) is 2.45. The summed E-state index contributed by atoms with van der Waals surface area (Å²) >= 11 is 0. The summed E-state index contributed by atoms with van der Waals surface area (Å²) < 4.78 is 0. The second-order valence-corrected chi connectivity index (χ2v) is 6.81. The molecule has 2 N–H and O–H groups in total. The zero-order valence-electron chi connectivity index (χ0n) is 13.8. The fourth-order valence-corrected chi connectivity index (χ4v) is 2.45. The Hall–Kier alpha value is -2.21. The van der Waals surface area contributed by atoms with E-state index >= 15 is 0 Å². The van der Waals surface area contributed by atoms with Crippen LogP contribution in [-0.2, 0) is 0 Å². The third-order valence-corrected chi connectivity index (χ3v) is 3.42. The predicted octanol–water partition coefficient (Wildman–Crippen LogP) is 1.79. The first kappa shape index (κ1) is 17.1. The molecule has 1 heterocycles. The van der Waals surface area contributed by atoms with E-state index in [1.165, 1.54) is 0 Å². The monoisotopic (exact) mass is 317 g/mol. The molecule has 0 aliphatic rings. The Morgan fingerprint density at radius 1 is 1.30 bits per heavy atom. The molecule has 124 valence electrons. The Bertz CT molecular complexity index is 747. The fraction of sp³-hybridized carbons (Fsp3) is 0.471. The molecule has 0 radical (unpaired) electrons. The van der Waals surface area contributed by atoms with Gasteiger partial charge in [0.2, 0.25) is 5.43 Å². The van der Waals surface area contributed by atoms with Gasteiger partial charge in [-0.1, -0.05) is 32.9 Å². The molecule has 0 aliphatic carbocycles. The molecule has 0 aliphatic heterocycles. The molecule has 0 fully saturated rings. The van der Waals surface area contributed by atoms with Crippen molar-refractivity contribution in [3.63, 3.8) is 0 Å². The Balaban J connectivity index is 2.39. The van der Waals surface area contributed by atoms with Crippen molar-refractivity contribution >= 4 is 16.8 Å². The highest BCUT2D eigenvalue weighted by molar-refractivity contribution is 5.95. The number of aromatic amines is 1. The van der Waals surface area contributed by atoms with Gasteiger partial charge in [-0.15, -0.1) is 0 Å². The third-order valence-electron chi connectivity index (χ3n) is 3.42. The molecule has 0 atom stereocenters. The number of H-pyrrole nitrogens is 1. The number of carbonyl (C=O) groups is 1. The van der Waals surface area contributed by atoms with Crippen molar-refractivity contribution in [3.05, 3.63) is 40.2 Å². The maximum atomic E-state index is 12.8. The van der Waals surface area contributed by atoms with Gasteiger partial charge in [0, 0.05) is 25.1 Å². The van der Waals surface area contributed by atoms with E-state index in [9.17, 15) is 9.59 Å². The van der Waals surface area contributed by atoms with Crippen LogP contribution in [-0.4, -0.2) is 45.8 Å². The van der Waals surface area contributed by atoms with E-state index in [1.807, 2.05) is 20.8 Å². The van der Waals surface area contributed by atoms with Crippen LogP contribution in [0.3, 0.4) is 0 Å². The molecule has 1 aromatic carbocycles. The maximum absolute atomic E-state index is 12.8. The Morgan fingerprint density at radius 3 is 2.65 bits per heavy atom. The molecular weight excluding hydrogens is 294 g/mol. The SMILES string of the molecule is CC(C)(C)CN(CCCO)C(=O)c1n[nH]c2ccccc2c1=O. The van der Waals surface area contributed by atoms with Crippen LogP contribution in [0.4, 0.5) is 0 Å². The number of carbonyl (C=O) groups excluding carboxylic acids is 1. The smallest absolute Gasteiger partial charge is 0.278 e. The summed E-state index contributed by atoms with van der Waals surface area (Å²) in [6.45, 7) is 6.93. The zero-order valence-corrected chi connectivity index (χ0v) is 13.8. The minimum absolute atomic E-state index is 0.00453. The number of amides is 1. The van der Waals surface area contributed by atoms with E-state index in [2.05, 4.69) is 10.2 Å². The summed E-state index contributed by atoms with van der Waals surface area (Å²) in [4.78, 5) is 26.9. The van der Waals surface area contributed by atoms with Crippen molar-refractivity contribution in [2.45, 2.75) is 27.2 Å². The summed E-state index contributed by atoms with van der Waals surface area (Å²) in [5.41, 5.74) is 0.0132. The van der Waals surface area contributed by atoms with E-state index in [0.29, 0.717) is 30.4 Å². The standard InChI is InChI=1S/C17H23N3O3/c1-17(2,3)11-20(9-6-10-21)16(23)14-15(22)12-7-4-5-8-13(12)18-19-14/h4-5,7-8,21H,6,9-11H2,1-3H3,(H,18,22). The number of hydrogen-bond acceptors (Lipinski definition) is 4. The van der Waals surface area contributed by atoms with E-state index in [0.717, 1.165) is 0 Å². The highest BCUT2D eigenvalue weighted by Gasteiger charge is 2.25. The Labute approximate surface area is 135 Å². The number of nitrogens with zero attached hydrogens (tertiary/aromatic N) is 2. The van der Waals surface area contributed by atoms with Gasteiger partial charge in [0.15, 0.2) is 5.69 Å². The van der Waals surface area contributed by atoms with Crippen LogP contribution >= 0.6 is 0 Å². The molecule has 6 nitrogen and oxygen atoms in total. The van der Waals surface area contributed by atoms with Crippen LogP contribution < -0.4 is 5.43 Å². The maximum Gasteiger partial charge on any atom is 0.278 e. The van der Waals surface area contributed by atoms with Gasteiger partial charge in [0.25, 0.3) is 5.91 Å². The molecule has 1 amide bonds. The lowest BCUT2D eigenvalue weighted by Crippen LogP contribution is -2.41. The number of rotatable bonds is 5. The molecule has 23 heavy (non-hydrogen) atoms. The lowest BCUT2D eigenvalue weighted by Gasteiger charge is -2.29. The van der Waals surface area contributed by atoms with Crippen LogP contribution in [0, 0.1) is 5.41 Å². The zero-order chi connectivity index (χ0) is 17.0. The number of aliphatic hydroxyl groups excluding tert-OH is 1. The highest BCUT2D eigenvalue weighted by Crippen LogP contribution is 2.17. The van der Waals surface area contributed by atoms with Crippen LogP contribution in [0.25, 0.3) is 10.9 Å². The number of aliphatic hydroxyl groups is 1. The van der Waals surface area contributed by atoms with Crippen molar-refractivity contribution in [1.82, 2.24) is 15.1 Å². The van der Waals surface area contributed by atoms with E-state index in [4.69, 9.17) is 5.11 Å². The average Bonchev–Trinajstić information content (AvgIpc) is 2.50. The predicted molar refractivity (Wildman–Crippen MR) is 89.4 cm³/mol. The van der Waals surface area contributed by atoms with E-state index in [1.54, 1.807) is 29.2 Å². The van der Waals surface area contributed by atoms with E-state index < -0.39 is 5.91 Å². The van der Waals surface area contributed by atoms with Crippen LogP contribution in [0.15, 0.2) is 29.1 Å².